The van der Waals surface area contributed by atoms with Crippen molar-refractivity contribution >= 4 is 10.2 Å². The molecular formula is C9H16F3N3O2S. The van der Waals surface area contributed by atoms with Crippen LogP contribution in [0.3, 0.4) is 0 Å². The smallest absolute Gasteiger partial charge is 0.311 e. The van der Waals surface area contributed by atoms with Crippen molar-refractivity contribution in [2.75, 3.05) is 6.54 Å². The lowest BCUT2D eigenvalue weighted by Crippen LogP contribution is -2.51. The molecule has 9 heteroatoms. The maximum atomic E-state index is 11.9. The first-order valence-electron chi connectivity index (χ1n) is 5.83. The molecule has 0 saturated carbocycles. The molecule has 0 amide bonds. The second-order valence-corrected chi connectivity index (χ2v) is 6.40. The lowest BCUT2D eigenvalue weighted by Gasteiger charge is -2.29. The number of rotatable bonds is 4. The second kappa shape index (κ2) is 4.95. The van der Waals surface area contributed by atoms with E-state index in [1.807, 2.05) is 0 Å². The minimum atomic E-state index is -4.54. The van der Waals surface area contributed by atoms with E-state index in [0.29, 0.717) is 12.8 Å². The van der Waals surface area contributed by atoms with Crippen LogP contribution in [0.5, 0.6) is 0 Å². The Hall–Kier alpha value is -0.380. The van der Waals surface area contributed by atoms with Crippen LogP contribution in [0, 0.1) is 0 Å². The summed E-state index contributed by atoms with van der Waals surface area (Å²) >= 11 is 0. The van der Waals surface area contributed by atoms with E-state index >= 15 is 0 Å². The third-order valence-electron chi connectivity index (χ3n) is 3.26. The summed E-state index contributed by atoms with van der Waals surface area (Å²) in [5.41, 5.74) is 0. The standard InChI is InChI=1S/C9H16F3N3O2S/c10-9(11,12)5-13-18(16,17)15-8-3-6-1-2-7(4-8)14-6/h6-8,13-15H,1-5H2. The average Bonchev–Trinajstić information content (AvgIpc) is 2.54. The van der Waals surface area contributed by atoms with Crippen LogP contribution in [0.25, 0.3) is 0 Å². The molecule has 0 aromatic rings. The van der Waals surface area contributed by atoms with E-state index < -0.39 is 22.9 Å². The summed E-state index contributed by atoms with van der Waals surface area (Å²) in [6.45, 7) is -1.54. The molecule has 2 fully saturated rings. The molecule has 2 aliphatic rings. The van der Waals surface area contributed by atoms with E-state index in [1.54, 1.807) is 0 Å². The molecule has 5 nitrogen and oxygen atoms in total. The third-order valence-corrected chi connectivity index (χ3v) is 4.43. The maximum absolute atomic E-state index is 11.9. The zero-order valence-corrected chi connectivity index (χ0v) is 10.4. The summed E-state index contributed by atoms with van der Waals surface area (Å²) in [7, 11) is -4.08. The van der Waals surface area contributed by atoms with Crippen LogP contribution in [0.4, 0.5) is 13.2 Å². The number of piperidine rings is 1. The highest BCUT2D eigenvalue weighted by atomic mass is 32.2. The van der Waals surface area contributed by atoms with Crippen LogP contribution in [0.2, 0.25) is 0 Å². The molecule has 2 heterocycles. The van der Waals surface area contributed by atoms with Crippen LogP contribution in [-0.4, -0.2) is 39.3 Å². The van der Waals surface area contributed by atoms with E-state index in [1.165, 1.54) is 4.72 Å². The average molecular weight is 287 g/mol. The molecule has 2 saturated heterocycles. The van der Waals surface area contributed by atoms with Gasteiger partial charge in [0.2, 0.25) is 0 Å². The zero-order chi connectivity index (χ0) is 13.4. The predicted molar refractivity (Wildman–Crippen MR) is 59.1 cm³/mol. The highest BCUT2D eigenvalue weighted by molar-refractivity contribution is 7.87. The number of hydrogen-bond donors (Lipinski definition) is 3. The number of halogens is 3. The van der Waals surface area contributed by atoms with E-state index in [4.69, 9.17) is 0 Å². The lowest BCUT2D eigenvalue weighted by atomic mass is 10.0. The lowest BCUT2D eigenvalue weighted by molar-refractivity contribution is -0.121. The Balaban J connectivity index is 1.85. The Bertz CT molecular complexity index is 386. The number of fused-ring (bicyclic) bond motifs is 2. The van der Waals surface area contributed by atoms with Gasteiger partial charge in [0.15, 0.2) is 0 Å². The highest BCUT2D eigenvalue weighted by Gasteiger charge is 2.36. The molecule has 2 aliphatic heterocycles. The number of alkyl halides is 3. The Morgan fingerprint density at radius 2 is 1.72 bits per heavy atom. The summed E-state index contributed by atoms with van der Waals surface area (Å²) in [4.78, 5) is 0. The first-order chi connectivity index (χ1) is 8.23. The van der Waals surface area contributed by atoms with Crippen molar-refractivity contribution in [3.05, 3.63) is 0 Å². The molecule has 18 heavy (non-hydrogen) atoms. The maximum Gasteiger partial charge on any atom is 0.402 e. The van der Waals surface area contributed by atoms with Crippen LogP contribution in [0.1, 0.15) is 25.7 Å². The zero-order valence-electron chi connectivity index (χ0n) is 9.63. The normalized spacial score (nSPS) is 32.7. The van der Waals surface area contributed by atoms with Gasteiger partial charge in [0.25, 0.3) is 10.2 Å². The fourth-order valence-corrected chi connectivity index (χ4v) is 3.66. The molecule has 0 aromatic heterocycles. The van der Waals surface area contributed by atoms with Gasteiger partial charge in [-0.1, -0.05) is 0 Å². The molecule has 2 rings (SSSR count). The van der Waals surface area contributed by atoms with Crippen molar-refractivity contribution in [2.24, 2.45) is 0 Å². The van der Waals surface area contributed by atoms with Gasteiger partial charge in [0, 0.05) is 18.1 Å². The summed E-state index contributed by atoms with van der Waals surface area (Å²) in [6, 6.07) is 0.271. The van der Waals surface area contributed by atoms with Crippen molar-refractivity contribution in [3.8, 4) is 0 Å². The van der Waals surface area contributed by atoms with Crippen molar-refractivity contribution in [2.45, 2.75) is 50.0 Å². The highest BCUT2D eigenvalue weighted by Crippen LogP contribution is 2.27. The topological polar surface area (TPSA) is 70.2 Å². The molecule has 2 atom stereocenters. The van der Waals surface area contributed by atoms with Gasteiger partial charge in [-0.05, 0) is 25.7 Å². The summed E-state index contributed by atoms with van der Waals surface area (Å²) < 4.78 is 62.5. The van der Waals surface area contributed by atoms with Crippen molar-refractivity contribution in [1.82, 2.24) is 14.8 Å². The first kappa shape index (κ1) is 14.0. The largest absolute Gasteiger partial charge is 0.402 e. The Labute approximate surface area is 104 Å². The van der Waals surface area contributed by atoms with Gasteiger partial charge in [-0.15, -0.1) is 0 Å². The second-order valence-electron chi connectivity index (χ2n) is 4.86. The number of hydrogen-bond acceptors (Lipinski definition) is 3. The van der Waals surface area contributed by atoms with Gasteiger partial charge in [-0.2, -0.15) is 31.0 Å². The van der Waals surface area contributed by atoms with Gasteiger partial charge in [-0.25, -0.2) is 0 Å². The Morgan fingerprint density at radius 3 is 2.22 bits per heavy atom. The van der Waals surface area contributed by atoms with Gasteiger partial charge < -0.3 is 5.32 Å². The first-order valence-corrected chi connectivity index (χ1v) is 7.31. The molecular weight excluding hydrogens is 271 g/mol. The van der Waals surface area contributed by atoms with Gasteiger partial charge in [0.05, 0.1) is 0 Å². The van der Waals surface area contributed by atoms with E-state index in [9.17, 15) is 21.6 Å². The quantitative estimate of drug-likeness (QED) is 0.694. The summed E-state index contributed by atoms with van der Waals surface area (Å²) in [6.07, 6.45) is -1.29. The predicted octanol–water partition coefficient (Wildman–Crippen LogP) is 0.256. The monoisotopic (exact) mass is 287 g/mol. The third kappa shape index (κ3) is 4.08. The van der Waals surface area contributed by atoms with Crippen LogP contribution in [-0.2, 0) is 10.2 Å². The Kier molecular flexibility index (Phi) is 3.86. The van der Waals surface area contributed by atoms with Crippen LogP contribution < -0.4 is 14.8 Å². The van der Waals surface area contributed by atoms with Crippen LogP contribution in [0.15, 0.2) is 0 Å². The molecule has 0 aromatic carbocycles. The minimum absolute atomic E-state index is 0.277. The minimum Gasteiger partial charge on any atom is -0.311 e. The molecule has 2 unspecified atom stereocenters. The van der Waals surface area contributed by atoms with Gasteiger partial charge in [-0.3, -0.25) is 0 Å². The SMILES string of the molecule is O=S(=O)(NCC(F)(F)F)NC1CC2CCC(C1)N2. The van der Waals surface area contributed by atoms with Crippen molar-refractivity contribution in [1.29, 1.82) is 0 Å². The fourth-order valence-electron chi connectivity index (χ4n) is 2.59. The summed E-state index contributed by atoms with van der Waals surface area (Å²) in [5, 5.41) is 3.33. The van der Waals surface area contributed by atoms with Crippen molar-refractivity contribution < 1.29 is 21.6 Å². The Morgan fingerprint density at radius 1 is 1.17 bits per heavy atom. The molecule has 0 spiro atoms. The van der Waals surface area contributed by atoms with Crippen LogP contribution >= 0.6 is 0 Å². The van der Waals surface area contributed by atoms with E-state index in [0.717, 1.165) is 12.8 Å². The molecule has 2 bridgehead atoms. The van der Waals surface area contributed by atoms with Gasteiger partial charge in [0.1, 0.15) is 6.54 Å². The molecule has 106 valence electrons. The van der Waals surface area contributed by atoms with Crippen molar-refractivity contribution in [3.63, 3.8) is 0 Å². The van der Waals surface area contributed by atoms with Gasteiger partial charge >= 0.3 is 6.18 Å². The molecule has 0 radical (unpaired) electrons. The molecule has 3 N–H and O–H groups in total. The summed E-state index contributed by atoms with van der Waals surface area (Å²) in [5.74, 6) is 0. The fraction of sp³-hybridized carbons (Fsp3) is 1.00. The number of nitrogens with one attached hydrogen (secondary N) is 3. The van der Waals surface area contributed by atoms with E-state index in [-0.39, 0.29) is 18.1 Å². The van der Waals surface area contributed by atoms with E-state index in [2.05, 4.69) is 10.0 Å². The molecule has 0 aliphatic carbocycles.